The molecule has 0 aliphatic carbocycles. The minimum Gasteiger partial charge on any atom is -0.268 e. The molecule has 0 aromatic heterocycles. The second-order valence-electron chi connectivity index (χ2n) is 11.4. The molecule has 2 heterocycles. The van der Waals surface area contributed by atoms with Gasteiger partial charge in [0.1, 0.15) is 0 Å². The first-order valence-electron chi connectivity index (χ1n) is 14.5. The van der Waals surface area contributed by atoms with E-state index in [4.69, 9.17) is 12.8 Å². The molecule has 9 rings (SSSR count). The van der Waals surface area contributed by atoms with E-state index in [2.05, 4.69) is 11.8 Å². The zero-order chi connectivity index (χ0) is 31.4. The Morgan fingerprint density at radius 2 is 0.739 bits per heavy atom. The number of fused-ring (bicyclic) bond motifs is 2. The fourth-order valence-corrected chi connectivity index (χ4v) is 7.21. The third-order valence-electron chi connectivity index (χ3n) is 9.18. The molecule has 6 nitrogen and oxygen atoms in total. The normalized spacial score (nSPS) is 14.1. The summed E-state index contributed by atoms with van der Waals surface area (Å²) in [6.45, 7) is 0. The van der Waals surface area contributed by atoms with Crippen LogP contribution in [0.15, 0.2) is 97.1 Å². The van der Waals surface area contributed by atoms with E-state index in [1.54, 1.807) is 72.8 Å². The molecule has 7 aromatic carbocycles. The van der Waals surface area contributed by atoms with Crippen LogP contribution < -0.4 is 9.80 Å². The number of terminal acetylenes is 2. The van der Waals surface area contributed by atoms with Gasteiger partial charge in [-0.05, 0) is 93.0 Å². The maximum Gasteiger partial charge on any atom is 0.265 e. The summed E-state index contributed by atoms with van der Waals surface area (Å²) in [5.41, 5.74) is 3.57. The van der Waals surface area contributed by atoms with Crippen molar-refractivity contribution in [2.45, 2.75) is 0 Å². The molecule has 0 radical (unpaired) electrons. The lowest BCUT2D eigenvalue weighted by atomic mass is 9.82. The average molecular weight is 591 g/mol. The number of carbonyl (C=O) groups is 4. The van der Waals surface area contributed by atoms with Crippen LogP contribution in [0.25, 0.3) is 43.1 Å². The summed E-state index contributed by atoms with van der Waals surface area (Å²) in [5, 5.41) is 6.01. The quantitative estimate of drug-likeness (QED) is 0.0917. The number of hydrogen-bond donors (Lipinski definition) is 0. The molecule has 0 N–H and O–H groups in total. The van der Waals surface area contributed by atoms with E-state index < -0.39 is 23.6 Å². The lowest BCUT2D eigenvalue weighted by Gasteiger charge is -2.30. The summed E-state index contributed by atoms with van der Waals surface area (Å²) in [6, 6.07) is 28.1. The standard InChI is InChI=1S/C40H18N2O4/c1-3-21-7-5-9-23(19-21)41-37(43)29-15-11-25-27-13-17-31-36-32(40(46)42(39(31)45)24-10-6-8-22(4-2)20-24)18-14-28(34(27)36)26-12-16-30(38(41)44)35(29)33(25)26/h1-2,5-20H. The third-order valence-corrected chi connectivity index (χ3v) is 9.18. The van der Waals surface area contributed by atoms with Crippen LogP contribution in [0, 0.1) is 24.7 Å². The first-order chi connectivity index (χ1) is 22.4. The van der Waals surface area contributed by atoms with Crippen LogP contribution in [-0.2, 0) is 0 Å². The van der Waals surface area contributed by atoms with Crippen molar-refractivity contribution in [1.82, 2.24) is 0 Å². The zero-order valence-electron chi connectivity index (χ0n) is 23.9. The highest BCUT2D eigenvalue weighted by Crippen LogP contribution is 2.47. The Labute approximate surface area is 261 Å². The Balaban J connectivity index is 1.30. The first-order valence-corrected chi connectivity index (χ1v) is 14.5. The maximum absolute atomic E-state index is 13.9. The van der Waals surface area contributed by atoms with Crippen molar-refractivity contribution < 1.29 is 19.2 Å². The predicted molar refractivity (Wildman–Crippen MR) is 179 cm³/mol. The molecular weight excluding hydrogens is 572 g/mol. The number of hydrogen-bond acceptors (Lipinski definition) is 4. The topological polar surface area (TPSA) is 74.8 Å². The minimum atomic E-state index is -0.434. The molecule has 6 heteroatoms. The average Bonchev–Trinajstić information content (AvgIpc) is 3.09. The number of amides is 4. The van der Waals surface area contributed by atoms with Gasteiger partial charge in [-0.15, -0.1) is 12.8 Å². The van der Waals surface area contributed by atoms with Crippen LogP contribution >= 0.6 is 0 Å². The van der Waals surface area contributed by atoms with Gasteiger partial charge in [0, 0.05) is 44.2 Å². The number of nitrogens with zero attached hydrogens (tertiary/aromatic N) is 2. The Morgan fingerprint density at radius 1 is 0.413 bits per heavy atom. The summed E-state index contributed by atoms with van der Waals surface area (Å²) >= 11 is 0. The van der Waals surface area contributed by atoms with Gasteiger partial charge in [0.25, 0.3) is 23.6 Å². The second kappa shape index (κ2) is 8.89. The predicted octanol–water partition coefficient (Wildman–Crippen LogP) is 7.30. The molecule has 0 saturated carbocycles. The number of benzene rings is 7. The van der Waals surface area contributed by atoms with Gasteiger partial charge < -0.3 is 0 Å². The maximum atomic E-state index is 13.9. The van der Waals surface area contributed by atoms with Crippen molar-refractivity contribution in [3.63, 3.8) is 0 Å². The molecule has 2 aliphatic rings. The van der Waals surface area contributed by atoms with Crippen LogP contribution in [0.2, 0.25) is 0 Å². The van der Waals surface area contributed by atoms with Crippen molar-refractivity contribution >= 4 is 78.1 Å². The first kappa shape index (κ1) is 25.7. The van der Waals surface area contributed by atoms with E-state index in [1.807, 2.05) is 24.3 Å². The third kappa shape index (κ3) is 3.12. The molecule has 2 aliphatic heterocycles. The highest BCUT2D eigenvalue weighted by Gasteiger charge is 2.38. The summed E-state index contributed by atoms with van der Waals surface area (Å²) in [4.78, 5) is 58.1. The highest BCUT2D eigenvalue weighted by molar-refractivity contribution is 6.45. The van der Waals surface area contributed by atoms with Gasteiger partial charge in [0.2, 0.25) is 0 Å². The van der Waals surface area contributed by atoms with Crippen LogP contribution in [0.5, 0.6) is 0 Å². The van der Waals surface area contributed by atoms with Gasteiger partial charge in [-0.1, -0.05) is 48.2 Å². The van der Waals surface area contributed by atoms with Gasteiger partial charge in [0.15, 0.2) is 0 Å². The van der Waals surface area contributed by atoms with Gasteiger partial charge in [0.05, 0.1) is 11.4 Å². The molecular formula is C40H18N2O4. The fourth-order valence-electron chi connectivity index (χ4n) is 7.21. The minimum absolute atomic E-state index is 0.406. The molecule has 46 heavy (non-hydrogen) atoms. The highest BCUT2D eigenvalue weighted by atomic mass is 16.2. The number of carbonyl (C=O) groups excluding carboxylic acids is 4. The van der Waals surface area contributed by atoms with Gasteiger partial charge in [-0.25, -0.2) is 9.80 Å². The van der Waals surface area contributed by atoms with E-state index in [0.717, 1.165) is 32.3 Å². The van der Waals surface area contributed by atoms with E-state index >= 15 is 0 Å². The molecule has 0 saturated heterocycles. The monoisotopic (exact) mass is 590 g/mol. The Hall–Kier alpha value is -6.76. The van der Waals surface area contributed by atoms with E-state index in [1.165, 1.54) is 9.80 Å². The van der Waals surface area contributed by atoms with E-state index in [9.17, 15) is 19.2 Å². The van der Waals surface area contributed by atoms with Crippen molar-refractivity contribution in [2.24, 2.45) is 0 Å². The van der Waals surface area contributed by atoms with Crippen molar-refractivity contribution in [3.05, 3.63) is 130 Å². The molecule has 212 valence electrons. The van der Waals surface area contributed by atoms with Crippen LogP contribution in [-0.4, -0.2) is 23.6 Å². The van der Waals surface area contributed by atoms with E-state index in [-0.39, 0.29) is 0 Å². The summed E-state index contributed by atoms with van der Waals surface area (Å²) < 4.78 is 0. The van der Waals surface area contributed by atoms with Crippen LogP contribution in [0.4, 0.5) is 11.4 Å². The number of rotatable bonds is 2. The molecule has 4 amide bonds. The zero-order valence-corrected chi connectivity index (χ0v) is 23.9. The van der Waals surface area contributed by atoms with Crippen LogP contribution in [0.3, 0.4) is 0 Å². The van der Waals surface area contributed by atoms with Gasteiger partial charge >= 0.3 is 0 Å². The SMILES string of the molecule is C#Cc1cccc(N2C(=O)c3ccc4c5ccc6c7c(ccc(c8ccc(c3c48)C2=O)c75)C(=O)N(c2cccc(C#C)c2)C6=O)c1. The van der Waals surface area contributed by atoms with Crippen LogP contribution in [0.1, 0.15) is 52.6 Å². The second-order valence-corrected chi connectivity index (χ2v) is 11.4. The van der Waals surface area contributed by atoms with Gasteiger partial charge in [-0.2, -0.15) is 0 Å². The molecule has 0 unspecified atom stereocenters. The molecule has 0 atom stereocenters. The summed E-state index contributed by atoms with van der Waals surface area (Å²) in [5.74, 6) is 3.39. The smallest absolute Gasteiger partial charge is 0.265 e. The lowest BCUT2D eigenvalue weighted by Crippen LogP contribution is -2.40. The molecule has 7 aromatic rings. The molecule has 0 fully saturated rings. The molecule has 0 spiro atoms. The van der Waals surface area contributed by atoms with Crippen molar-refractivity contribution in [2.75, 3.05) is 9.80 Å². The summed E-state index contributed by atoms with van der Waals surface area (Å²) in [7, 11) is 0. The Kier molecular flexibility index (Phi) is 4.97. The fraction of sp³-hybridized carbons (Fsp3) is 0. The Morgan fingerprint density at radius 3 is 1.04 bits per heavy atom. The van der Waals surface area contributed by atoms with E-state index in [0.29, 0.717) is 55.5 Å². The van der Waals surface area contributed by atoms with Gasteiger partial charge in [-0.3, -0.25) is 19.2 Å². The lowest BCUT2D eigenvalue weighted by molar-refractivity contribution is 0.0877. The summed E-state index contributed by atoms with van der Waals surface area (Å²) in [6.07, 6.45) is 11.2. The van der Waals surface area contributed by atoms with Crippen molar-refractivity contribution in [3.8, 4) is 24.7 Å². The number of imide groups is 2. The largest absolute Gasteiger partial charge is 0.268 e. The Bertz CT molecular complexity index is 2400. The van der Waals surface area contributed by atoms with Crippen molar-refractivity contribution in [1.29, 1.82) is 0 Å². The molecule has 0 bridgehead atoms. The number of anilines is 2.